The summed E-state index contributed by atoms with van der Waals surface area (Å²) < 4.78 is 9.05. The van der Waals surface area contributed by atoms with E-state index in [4.69, 9.17) is 9.40 Å². The highest BCUT2D eigenvalue weighted by Crippen LogP contribution is 2.53. The standard InChI is InChI=1S/C43H26N2OS/c1-3-11-27(12-4-1)28-21-23-30(24-22-28)45(36-18-10-20-38-40(36)32-15-7-8-19-37(32)47-38)35-26-25-33-39-31(35)16-9-17-34(39)42-41(33)44-43(46-42)29-13-5-2-6-14-29/h1-26H. The van der Waals surface area contributed by atoms with Gasteiger partial charge in [-0.1, -0.05) is 103 Å². The summed E-state index contributed by atoms with van der Waals surface area (Å²) in [6.07, 6.45) is 0. The summed E-state index contributed by atoms with van der Waals surface area (Å²) in [5, 5.41) is 4.89. The van der Waals surface area contributed by atoms with E-state index in [0.717, 1.165) is 50.6 Å². The number of hydrogen-bond donors (Lipinski definition) is 0. The van der Waals surface area contributed by atoms with Gasteiger partial charge in [0, 0.05) is 53.3 Å². The molecule has 0 aliphatic heterocycles. The van der Waals surface area contributed by atoms with E-state index in [2.05, 4.69) is 132 Å². The number of rotatable bonds is 5. The van der Waals surface area contributed by atoms with Crippen LogP contribution in [0.15, 0.2) is 162 Å². The molecule has 0 bridgehead atoms. The lowest BCUT2D eigenvalue weighted by Crippen LogP contribution is -2.11. The molecule has 10 rings (SSSR count). The fraction of sp³-hybridized carbons (Fsp3) is 0. The molecule has 4 heteroatoms. The Morgan fingerprint density at radius 2 is 1.15 bits per heavy atom. The molecule has 2 heterocycles. The number of oxazole rings is 1. The van der Waals surface area contributed by atoms with Gasteiger partial charge in [0.2, 0.25) is 5.89 Å². The van der Waals surface area contributed by atoms with Gasteiger partial charge in [-0.25, -0.2) is 4.98 Å². The van der Waals surface area contributed by atoms with Crippen molar-refractivity contribution in [1.29, 1.82) is 0 Å². The van der Waals surface area contributed by atoms with Gasteiger partial charge in [0.05, 0.1) is 11.4 Å². The van der Waals surface area contributed by atoms with Gasteiger partial charge in [0.25, 0.3) is 0 Å². The molecule has 9 aromatic rings. The zero-order valence-electron chi connectivity index (χ0n) is 25.2. The molecule has 0 saturated heterocycles. The molecule has 2 aromatic heterocycles. The minimum Gasteiger partial charge on any atom is -0.435 e. The molecule has 0 spiro atoms. The fourth-order valence-corrected chi connectivity index (χ4v) is 8.27. The van der Waals surface area contributed by atoms with Crippen molar-refractivity contribution >= 4 is 59.3 Å². The Bertz CT molecular complexity index is 2590. The van der Waals surface area contributed by atoms with E-state index < -0.39 is 0 Å². The summed E-state index contributed by atoms with van der Waals surface area (Å²) >= 11 is 1.85. The first-order valence-electron chi connectivity index (χ1n) is 15.8. The van der Waals surface area contributed by atoms with Crippen LogP contribution in [0, 0.1) is 0 Å². The fourth-order valence-electron chi connectivity index (χ4n) is 7.15. The maximum atomic E-state index is 6.48. The predicted octanol–water partition coefficient (Wildman–Crippen LogP) is 12.6. The number of hydrogen-bond acceptors (Lipinski definition) is 4. The Labute approximate surface area is 275 Å². The van der Waals surface area contributed by atoms with Crippen molar-refractivity contribution in [2.24, 2.45) is 0 Å². The minimum atomic E-state index is 0.651. The Balaban J connectivity index is 1.20. The molecule has 0 saturated carbocycles. The highest BCUT2D eigenvalue weighted by molar-refractivity contribution is 7.26. The van der Waals surface area contributed by atoms with Crippen LogP contribution in [0.5, 0.6) is 0 Å². The highest BCUT2D eigenvalue weighted by atomic mass is 32.1. The van der Waals surface area contributed by atoms with Gasteiger partial charge >= 0.3 is 0 Å². The second-order valence-electron chi connectivity index (χ2n) is 11.9. The van der Waals surface area contributed by atoms with Crippen LogP contribution in [0.2, 0.25) is 0 Å². The average Bonchev–Trinajstić information content (AvgIpc) is 3.83. The van der Waals surface area contributed by atoms with Crippen molar-refractivity contribution in [3.63, 3.8) is 0 Å². The van der Waals surface area contributed by atoms with Crippen molar-refractivity contribution < 1.29 is 4.42 Å². The van der Waals surface area contributed by atoms with Crippen LogP contribution in [0.3, 0.4) is 0 Å². The molecule has 0 radical (unpaired) electrons. The zero-order valence-corrected chi connectivity index (χ0v) is 26.0. The molecule has 0 atom stereocenters. The second kappa shape index (κ2) is 10.3. The van der Waals surface area contributed by atoms with E-state index in [-0.39, 0.29) is 0 Å². The Hall–Kier alpha value is -5.97. The first-order chi connectivity index (χ1) is 23.3. The summed E-state index contributed by atoms with van der Waals surface area (Å²) in [7, 11) is 0. The Morgan fingerprint density at radius 3 is 1.98 bits per heavy atom. The third-order valence-corrected chi connectivity index (χ3v) is 10.4. The molecule has 1 aliphatic rings. The predicted molar refractivity (Wildman–Crippen MR) is 197 cm³/mol. The van der Waals surface area contributed by atoms with Gasteiger partial charge in [-0.2, -0.15) is 0 Å². The molecule has 3 nitrogen and oxygen atoms in total. The first-order valence-corrected chi connectivity index (χ1v) is 16.6. The average molecular weight is 619 g/mol. The third-order valence-electron chi connectivity index (χ3n) is 9.26. The van der Waals surface area contributed by atoms with Crippen LogP contribution in [-0.4, -0.2) is 4.98 Å². The van der Waals surface area contributed by atoms with Gasteiger partial charge in [-0.05, 0) is 65.7 Å². The maximum absolute atomic E-state index is 6.48. The van der Waals surface area contributed by atoms with Gasteiger partial charge in [0.1, 0.15) is 5.69 Å². The van der Waals surface area contributed by atoms with Crippen LogP contribution in [0.1, 0.15) is 0 Å². The van der Waals surface area contributed by atoms with Crippen molar-refractivity contribution in [1.82, 2.24) is 4.98 Å². The molecule has 0 N–H and O–H groups in total. The molecule has 220 valence electrons. The van der Waals surface area contributed by atoms with E-state index >= 15 is 0 Å². The summed E-state index contributed by atoms with van der Waals surface area (Å²) in [6, 6.07) is 56.1. The molecule has 0 unspecified atom stereocenters. The number of nitrogens with zero attached hydrogens (tertiary/aromatic N) is 2. The van der Waals surface area contributed by atoms with E-state index in [9.17, 15) is 0 Å². The van der Waals surface area contributed by atoms with Crippen molar-refractivity contribution in [3.8, 4) is 45.2 Å². The monoisotopic (exact) mass is 618 g/mol. The van der Waals surface area contributed by atoms with Crippen molar-refractivity contribution in [3.05, 3.63) is 158 Å². The Kier molecular flexibility index (Phi) is 5.74. The SMILES string of the molecule is c1ccc(-c2ccc(N(c3ccc4c5c(cccc35)-c3oc(-c5ccccc5)nc3-4)c3cccc4sc5ccccc5c34)cc2)cc1. The van der Waals surface area contributed by atoms with E-state index in [1.54, 1.807) is 0 Å². The lowest BCUT2D eigenvalue weighted by Gasteiger charge is -2.28. The van der Waals surface area contributed by atoms with Crippen LogP contribution in [0.4, 0.5) is 17.1 Å². The van der Waals surface area contributed by atoms with Crippen molar-refractivity contribution in [2.75, 3.05) is 4.90 Å². The molecular weight excluding hydrogens is 593 g/mol. The zero-order chi connectivity index (χ0) is 30.9. The van der Waals surface area contributed by atoms with Crippen LogP contribution in [-0.2, 0) is 0 Å². The molecular formula is C43H26N2OS. The lowest BCUT2D eigenvalue weighted by atomic mass is 9.99. The van der Waals surface area contributed by atoms with Crippen LogP contribution < -0.4 is 4.90 Å². The van der Waals surface area contributed by atoms with Crippen LogP contribution in [0.25, 0.3) is 76.1 Å². The van der Waals surface area contributed by atoms with E-state index in [1.165, 1.54) is 36.7 Å². The number of thiophene rings is 1. The number of aromatic nitrogens is 1. The van der Waals surface area contributed by atoms with Gasteiger partial charge in [-0.15, -0.1) is 11.3 Å². The lowest BCUT2D eigenvalue weighted by molar-refractivity contribution is 0.590. The smallest absolute Gasteiger partial charge is 0.227 e. The van der Waals surface area contributed by atoms with Gasteiger partial charge in [-0.3, -0.25) is 0 Å². The van der Waals surface area contributed by atoms with Gasteiger partial charge in [0.15, 0.2) is 5.76 Å². The minimum absolute atomic E-state index is 0.651. The third kappa shape index (κ3) is 4.02. The summed E-state index contributed by atoms with van der Waals surface area (Å²) in [5.41, 5.74) is 9.87. The highest BCUT2D eigenvalue weighted by Gasteiger charge is 2.30. The summed E-state index contributed by atoms with van der Waals surface area (Å²) in [6.45, 7) is 0. The first kappa shape index (κ1) is 26.3. The topological polar surface area (TPSA) is 29.3 Å². The molecule has 47 heavy (non-hydrogen) atoms. The normalized spacial score (nSPS) is 11.8. The van der Waals surface area contributed by atoms with E-state index in [1.807, 2.05) is 41.7 Å². The largest absolute Gasteiger partial charge is 0.435 e. The molecule has 0 amide bonds. The maximum Gasteiger partial charge on any atom is 0.227 e. The number of anilines is 3. The van der Waals surface area contributed by atoms with E-state index in [0.29, 0.717) is 5.89 Å². The van der Waals surface area contributed by atoms with Crippen LogP contribution >= 0.6 is 11.3 Å². The van der Waals surface area contributed by atoms with Crippen molar-refractivity contribution in [2.45, 2.75) is 0 Å². The summed E-state index contributed by atoms with van der Waals surface area (Å²) in [5.74, 6) is 1.49. The van der Waals surface area contributed by atoms with Gasteiger partial charge < -0.3 is 9.32 Å². The summed E-state index contributed by atoms with van der Waals surface area (Å²) in [4.78, 5) is 7.45. The Morgan fingerprint density at radius 1 is 0.468 bits per heavy atom. The quantitative estimate of drug-likeness (QED) is 0.192. The number of benzene rings is 7. The number of fused-ring (bicyclic) bond motifs is 6. The molecule has 0 fully saturated rings. The second-order valence-corrected chi connectivity index (χ2v) is 13.0. The molecule has 1 aliphatic carbocycles. The molecule has 7 aromatic carbocycles.